The van der Waals surface area contributed by atoms with Crippen LogP contribution in [0.2, 0.25) is 0 Å². The molecule has 1 heterocycles. The minimum Gasteiger partial charge on any atom is -0.350 e. The van der Waals surface area contributed by atoms with Crippen molar-refractivity contribution in [2.24, 2.45) is 0 Å². The summed E-state index contributed by atoms with van der Waals surface area (Å²) in [6.45, 7) is 1.34. The highest BCUT2D eigenvalue weighted by atomic mass is 16.2. The number of nitrogens with zero attached hydrogens (tertiary/aromatic N) is 1. The molecule has 1 aliphatic heterocycles. The molecule has 3 rings (SSSR count). The van der Waals surface area contributed by atoms with Crippen LogP contribution in [0.3, 0.4) is 0 Å². The summed E-state index contributed by atoms with van der Waals surface area (Å²) in [6.07, 6.45) is 4.94. The molecule has 1 aliphatic rings. The summed E-state index contributed by atoms with van der Waals surface area (Å²) in [7, 11) is 0. The van der Waals surface area contributed by atoms with Crippen molar-refractivity contribution in [2.75, 3.05) is 13.1 Å². The molecule has 25 heavy (non-hydrogen) atoms. The molecule has 1 N–H and O–H groups in total. The second-order valence-corrected chi connectivity index (χ2v) is 6.19. The number of piperidine rings is 1. The number of rotatable bonds is 4. The van der Waals surface area contributed by atoms with E-state index in [9.17, 15) is 9.59 Å². The Kier molecular flexibility index (Phi) is 5.62. The zero-order valence-electron chi connectivity index (χ0n) is 14.1. The maximum absolute atomic E-state index is 12.4. The van der Waals surface area contributed by atoms with E-state index in [2.05, 4.69) is 5.32 Å². The lowest BCUT2D eigenvalue weighted by Gasteiger charge is -2.32. The van der Waals surface area contributed by atoms with E-state index >= 15 is 0 Å². The summed E-state index contributed by atoms with van der Waals surface area (Å²) in [5.74, 6) is -0.0222. The molecule has 0 aliphatic carbocycles. The molecule has 4 heteroatoms. The molecule has 1 fully saturated rings. The normalized spacial score (nSPS) is 15.3. The maximum atomic E-state index is 12.4. The van der Waals surface area contributed by atoms with Crippen molar-refractivity contribution in [3.8, 4) is 0 Å². The van der Waals surface area contributed by atoms with Crippen molar-refractivity contribution in [1.29, 1.82) is 0 Å². The first-order valence-corrected chi connectivity index (χ1v) is 8.60. The third-order valence-electron chi connectivity index (χ3n) is 4.38. The summed E-state index contributed by atoms with van der Waals surface area (Å²) in [6, 6.07) is 19.2. The summed E-state index contributed by atoms with van der Waals surface area (Å²) < 4.78 is 0. The van der Waals surface area contributed by atoms with Gasteiger partial charge in [-0.15, -0.1) is 0 Å². The lowest BCUT2D eigenvalue weighted by atomic mass is 10.0. The molecule has 0 radical (unpaired) electrons. The van der Waals surface area contributed by atoms with E-state index in [0.29, 0.717) is 13.1 Å². The molecule has 0 spiro atoms. The largest absolute Gasteiger partial charge is 0.350 e. The van der Waals surface area contributed by atoms with Gasteiger partial charge in [-0.3, -0.25) is 9.59 Å². The van der Waals surface area contributed by atoms with E-state index in [1.54, 1.807) is 6.08 Å². The average Bonchev–Trinajstić information content (AvgIpc) is 2.68. The maximum Gasteiger partial charge on any atom is 0.253 e. The summed E-state index contributed by atoms with van der Waals surface area (Å²) >= 11 is 0. The molecule has 2 aromatic rings. The topological polar surface area (TPSA) is 49.4 Å². The van der Waals surface area contributed by atoms with E-state index in [-0.39, 0.29) is 17.9 Å². The Morgan fingerprint density at radius 3 is 2.16 bits per heavy atom. The number of benzene rings is 2. The van der Waals surface area contributed by atoms with Crippen LogP contribution in [0.25, 0.3) is 6.08 Å². The Morgan fingerprint density at radius 1 is 0.920 bits per heavy atom. The Hall–Kier alpha value is -2.88. The van der Waals surface area contributed by atoms with Crippen molar-refractivity contribution in [1.82, 2.24) is 10.2 Å². The van der Waals surface area contributed by atoms with Gasteiger partial charge in [0.15, 0.2) is 0 Å². The minimum atomic E-state index is -0.0864. The van der Waals surface area contributed by atoms with E-state index in [4.69, 9.17) is 0 Å². The smallest absolute Gasteiger partial charge is 0.253 e. The van der Waals surface area contributed by atoms with Crippen molar-refractivity contribution < 1.29 is 9.59 Å². The van der Waals surface area contributed by atoms with E-state index in [1.807, 2.05) is 71.6 Å². The van der Waals surface area contributed by atoms with Gasteiger partial charge in [0, 0.05) is 30.8 Å². The third-order valence-corrected chi connectivity index (χ3v) is 4.38. The van der Waals surface area contributed by atoms with E-state index in [1.165, 1.54) is 0 Å². The molecule has 0 saturated carbocycles. The Morgan fingerprint density at radius 2 is 1.52 bits per heavy atom. The molecule has 2 amide bonds. The number of hydrogen-bond donors (Lipinski definition) is 1. The highest BCUT2D eigenvalue weighted by molar-refractivity contribution is 5.94. The van der Waals surface area contributed by atoms with Crippen LogP contribution >= 0.6 is 0 Å². The first-order valence-electron chi connectivity index (χ1n) is 8.60. The van der Waals surface area contributed by atoms with Gasteiger partial charge in [-0.2, -0.15) is 0 Å². The molecule has 2 aromatic carbocycles. The molecule has 0 aromatic heterocycles. The van der Waals surface area contributed by atoms with Gasteiger partial charge in [0.05, 0.1) is 0 Å². The molecular weight excluding hydrogens is 312 g/mol. The van der Waals surface area contributed by atoms with Gasteiger partial charge in [-0.25, -0.2) is 0 Å². The quantitative estimate of drug-likeness (QED) is 0.874. The zero-order valence-corrected chi connectivity index (χ0v) is 14.1. The van der Waals surface area contributed by atoms with Gasteiger partial charge in [0.1, 0.15) is 0 Å². The van der Waals surface area contributed by atoms with Crippen LogP contribution in [-0.2, 0) is 4.79 Å². The predicted octanol–water partition coefficient (Wildman–Crippen LogP) is 3.12. The second-order valence-electron chi connectivity index (χ2n) is 6.19. The molecular formula is C21H22N2O2. The first-order chi connectivity index (χ1) is 12.2. The molecule has 0 atom stereocenters. The average molecular weight is 334 g/mol. The van der Waals surface area contributed by atoms with E-state index < -0.39 is 0 Å². The van der Waals surface area contributed by atoms with Crippen LogP contribution in [0.15, 0.2) is 66.7 Å². The van der Waals surface area contributed by atoms with Gasteiger partial charge < -0.3 is 10.2 Å². The molecule has 4 nitrogen and oxygen atoms in total. The minimum absolute atomic E-state index is 0.0642. The van der Waals surface area contributed by atoms with Crippen LogP contribution < -0.4 is 5.32 Å². The standard InChI is InChI=1S/C21H22N2O2/c24-20(12-11-17-7-3-1-4-8-17)22-19-13-15-23(16-14-19)21(25)18-9-5-2-6-10-18/h1-12,19H,13-16H2,(H,22,24). The number of hydrogen-bond acceptors (Lipinski definition) is 2. The van der Waals surface area contributed by atoms with Crippen LogP contribution in [0.5, 0.6) is 0 Å². The number of nitrogens with one attached hydrogen (secondary N) is 1. The fourth-order valence-corrected chi connectivity index (χ4v) is 2.98. The second kappa shape index (κ2) is 8.29. The van der Waals surface area contributed by atoms with Crippen LogP contribution in [-0.4, -0.2) is 35.8 Å². The predicted molar refractivity (Wildman–Crippen MR) is 99.0 cm³/mol. The lowest BCUT2D eigenvalue weighted by Crippen LogP contribution is -2.46. The number of carbonyl (C=O) groups excluding carboxylic acids is 2. The molecule has 1 saturated heterocycles. The third kappa shape index (κ3) is 4.80. The monoisotopic (exact) mass is 334 g/mol. The van der Waals surface area contributed by atoms with Gasteiger partial charge >= 0.3 is 0 Å². The van der Waals surface area contributed by atoms with E-state index in [0.717, 1.165) is 24.0 Å². The van der Waals surface area contributed by atoms with Crippen LogP contribution in [0.1, 0.15) is 28.8 Å². The van der Waals surface area contributed by atoms with Crippen molar-refractivity contribution in [2.45, 2.75) is 18.9 Å². The summed E-state index contributed by atoms with van der Waals surface area (Å²) in [5.41, 5.74) is 1.72. The summed E-state index contributed by atoms with van der Waals surface area (Å²) in [5, 5.41) is 3.02. The Labute approximate surface area is 148 Å². The van der Waals surface area contributed by atoms with Crippen LogP contribution in [0, 0.1) is 0 Å². The number of likely N-dealkylation sites (tertiary alicyclic amines) is 1. The Bertz CT molecular complexity index is 733. The van der Waals surface area contributed by atoms with Crippen LogP contribution in [0.4, 0.5) is 0 Å². The zero-order chi connectivity index (χ0) is 17.5. The van der Waals surface area contributed by atoms with Crippen molar-refractivity contribution in [3.05, 3.63) is 77.9 Å². The molecule has 128 valence electrons. The number of carbonyl (C=O) groups is 2. The fourth-order valence-electron chi connectivity index (χ4n) is 2.98. The first kappa shape index (κ1) is 17.0. The fraction of sp³-hybridized carbons (Fsp3) is 0.238. The molecule has 0 unspecified atom stereocenters. The van der Waals surface area contributed by atoms with Gasteiger partial charge in [-0.05, 0) is 36.6 Å². The lowest BCUT2D eigenvalue weighted by molar-refractivity contribution is -0.117. The van der Waals surface area contributed by atoms with Gasteiger partial charge in [0.2, 0.25) is 5.91 Å². The van der Waals surface area contributed by atoms with Crippen molar-refractivity contribution >= 4 is 17.9 Å². The van der Waals surface area contributed by atoms with Gasteiger partial charge in [0.25, 0.3) is 5.91 Å². The van der Waals surface area contributed by atoms with Gasteiger partial charge in [-0.1, -0.05) is 48.5 Å². The SMILES string of the molecule is O=C(C=Cc1ccccc1)NC1CCN(C(=O)c2ccccc2)CC1. The van der Waals surface area contributed by atoms with Crippen molar-refractivity contribution in [3.63, 3.8) is 0 Å². The number of amides is 2. The molecule has 0 bridgehead atoms. The highest BCUT2D eigenvalue weighted by Crippen LogP contribution is 2.14. The Balaban J connectivity index is 1.47. The summed E-state index contributed by atoms with van der Waals surface area (Å²) in [4.78, 5) is 26.3. The highest BCUT2D eigenvalue weighted by Gasteiger charge is 2.23.